The molecule has 0 aromatic carbocycles. The van der Waals surface area contributed by atoms with Crippen LogP contribution in [0.15, 0.2) is 12.5 Å². The highest BCUT2D eigenvalue weighted by Gasteiger charge is 2.48. The maximum atomic E-state index is 13.9. The Kier molecular flexibility index (Phi) is 6.16. The van der Waals surface area contributed by atoms with Crippen LogP contribution in [0.4, 0.5) is 24.8 Å². The molecule has 1 atom stereocenters. The van der Waals surface area contributed by atoms with Gasteiger partial charge in [-0.1, -0.05) is 6.92 Å². The summed E-state index contributed by atoms with van der Waals surface area (Å²) < 4.78 is 44.0. The lowest BCUT2D eigenvalue weighted by Gasteiger charge is -2.36. The summed E-state index contributed by atoms with van der Waals surface area (Å²) in [5.41, 5.74) is 1.36. The summed E-state index contributed by atoms with van der Waals surface area (Å²) in [4.78, 5) is 29.7. The van der Waals surface area contributed by atoms with Crippen molar-refractivity contribution in [1.29, 1.82) is 0 Å². The summed E-state index contributed by atoms with van der Waals surface area (Å²) in [5, 5.41) is 2.51. The Balaban J connectivity index is 1.21. The molecule has 1 N–H and O–H groups in total. The highest BCUT2D eigenvalue weighted by molar-refractivity contribution is 5.94. The van der Waals surface area contributed by atoms with Crippen molar-refractivity contribution < 1.29 is 18.0 Å². The highest BCUT2D eigenvalue weighted by atomic mass is 19.4. The van der Waals surface area contributed by atoms with E-state index in [1.165, 1.54) is 37.7 Å². The molecule has 2 aromatic rings. The molecule has 11 heteroatoms. The lowest BCUT2D eigenvalue weighted by Crippen LogP contribution is -2.38. The summed E-state index contributed by atoms with van der Waals surface area (Å²) in [6.07, 6.45) is 4.78. The minimum absolute atomic E-state index is 0.0101. The van der Waals surface area contributed by atoms with Crippen LogP contribution in [0.3, 0.4) is 0 Å². The number of carbonyl (C=O) groups excluding carboxylic acids is 1. The number of piperidine rings is 1. The summed E-state index contributed by atoms with van der Waals surface area (Å²) in [6, 6.07) is 0. The fraction of sp³-hybridized carbons (Fsp3) is 0.692. The Labute approximate surface area is 214 Å². The van der Waals surface area contributed by atoms with Crippen LogP contribution in [0.5, 0.6) is 0 Å². The van der Waals surface area contributed by atoms with Crippen molar-refractivity contribution in [2.75, 3.05) is 42.9 Å². The first-order chi connectivity index (χ1) is 17.7. The topological polar surface area (TPSA) is 79.2 Å². The summed E-state index contributed by atoms with van der Waals surface area (Å²) >= 11 is 0. The van der Waals surface area contributed by atoms with Gasteiger partial charge in [0.1, 0.15) is 23.8 Å². The van der Waals surface area contributed by atoms with E-state index in [0.717, 1.165) is 44.8 Å². The summed E-state index contributed by atoms with van der Waals surface area (Å²) in [6.45, 7) is 7.71. The molecule has 2 saturated heterocycles. The second-order valence-electron chi connectivity index (χ2n) is 11.4. The minimum Gasteiger partial charge on any atom is -0.356 e. The standard InChI is InChI=1S/C26H34F3N7O/c1-25(6-7-25)19-15-36(13-12-34-8-2-3-9-34)23(32-19)17-4-10-35(11-5-17)24-21-18(26(27,28)29)14-20(37)33-22(21)30-16-31-24/h15-18H,2-14H2,1H3,(H,30,31,33,37). The van der Waals surface area contributed by atoms with E-state index in [2.05, 4.69) is 37.9 Å². The predicted molar refractivity (Wildman–Crippen MR) is 133 cm³/mol. The van der Waals surface area contributed by atoms with Gasteiger partial charge in [0.05, 0.1) is 17.2 Å². The van der Waals surface area contributed by atoms with Crippen LogP contribution in [-0.2, 0) is 16.8 Å². The Bertz CT molecular complexity index is 1160. The molecule has 8 nitrogen and oxygen atoms in total. The zero-order valence-corrected chi connectivity index (χ0v) is 21.2. The smallest absolute Gasteiger partial charge is 0.356 e. The Hall–Kier alpha value is -2.69. The molecule has 1 unspecified atom stereocenters. The monoisotopic (exact) mass is 517 g/mol. The van der Waals surface area contributed by atoms with Gasteiger partial charge in [0.25, 0.3) is 0 Å². The van der Waals surface area contributed by atoms with Gasteiger partial charge in [-0.25, -0.2) is 15.0 Å². The number of hydrogen-bond donors (Lipinski definition) is 1. The Morgan fingerprint density at radius 2 is 1.81 bits per heavy atom. The third-order valence-corrected chi connectivity index (χ3v) is 8.70. The number of anilines is 2. The zero-order chi connectivity index (χ0) is 25.8. The third kappa shape index (κ3) is 4.82. The Morgan fingerprint density at radius 3 is 2.49 bits per heavy atom. The number of nitrogens with one attached hydrogen (secondary N) is 1. The van der Waals surface area contributed by atoms with Crippen molar-refractivity contribution in [1.82, 2.24) is 24.4 Å². The quantitative estimate of drug-likeness (QED) is 0.619. The maximum Gasteiger partial charge on any atom is 0.396 e. The molecular weight excluding hydrogens is 483 g/mol. The van der Waals surface area contributed by atoms with Crippen molar-refractivity contribution in [2.24, 2.45) is 0 Å². The number of nitrogens with zero attached hydrogens (tertiary/aromatic N) is 6. The molecule has 2 aromatic heterocycles. The molecule has 5 heterocycles. The number of carbonyl (C=O) groups is 1. The minimum atomic E-state index is -4.54. The van der Waals surface area contributed by atoms with Crippen molar-refractivity contribution in [3.8, 4) is 0 Å². The fourth-order valence-electron chi connectivity index (χ4n) is 6.08. The average Bonchev–Trinajstić information content (AvgIpc) is 3.24. The van der Waals surface area contributed by atoms with Gasteiger partial charge in [0.15, 0.2) is 0 Å². The summed E-state index contributed by atoms with van der Waals surface area (Å²) in [5.74, 6) is -0.927. The van der Waals surface area contributed by atoms with Crippen LogP contribution in [0, 0.1) is 0 Å². The van der Waals surface area contributed by atoms with Crippen LogP contribution in [-0.4, -0.2) is 69.2 Å². The number of fused-ring (bicyclic) bond motifs is 1. The molecule has 6 rings (SSSR count). The number of alkyl halides is 3. The van der Waals surface area contributed by atoms with Crippen LogP contribution in [0.1, 0.15) is 80.8 Å². The van der Waals surface area contributed by atoms with Crippen LogP contribution < -0.4 is 10.2 Å². The van der Waals surface area contributed by atoms with Crippen LogP contribution in [0.2, 0.25) is 0 Å². The van der Waals surface area contributed by atoms with Crippen LogP contribution in [0.25, 0.3) is 0 Å². The largest absolute Gasteiger partial charge is 0.396 e. The molecule has 37 heavy (non-hydrogen) atoms. The SMILES string of the molecule is CC1(c2cn(CCN3CCCC3)c(C3CCN(c4ncnc5c4C(C(F)(F)F)CC(=O)N5)CC3)n2)CC1. The van der Waals surface area contributed by atoms with Crippen molar-refractivity contribution in [3.05, 3.63) is 29.6 Å². The van der Waals surface area contributed by atoms with Gasteiger partial charge in [-0.15, -0.1) is 0 Å². The fourth-order valence-corrected chi connectivity index (χ4v) is 6.08. The first-order valence-electron chi connectivity index (χ1n) is 13.5. The first-order valence-corrected chi connectivity index (χ1v) is 13.5. The number of rotatable bonds is 6. The molecule has 0 radical (unpaired) electrons. The first kappa shape index (κ1) is 24.6. The molecule has 3 fully saturated rings. The second kappa shape index (κ2) is 9.25. The van der Waals surface area contributed by atoms with Crippen molar-refractivity contribution in [3.63, 3.8) is 0 Å². The number of amides is 1. The van der Waals surface area contributed by atoms with E-state index in [4.69, 9.17) is 4.98 Å². The van der Waals surface area contributed by atoms with Gasteiger partial charge < -0.3 is 19.7 Å². The van der Waals surface area contributed by atoms with Gasteiger partial charge in [-0.2, -0.15) is 13.2 Å². The highest BCUT2D eigenvalue weighted by Crippen LogP contribution is 2.48. The van der Waals surface area contributed by atoms with Gasteiger partial charge in [-0.05, 0) is 51.6 Å². The normalized spacial score (nSPS) is 24.3. The lowest BCUT2D eigenvalue weighted by molar-refractivity contribution is -0.156. The second-order valence-corrected chi connectivity index (χ2v) is 11.4. The van der Waals surface area contributed by atoms with Crippen molar-refractivity contribution in [2.45, 2.75) is 81.8 Å². The lowest BCUT2D eigenvalue weighted by atomic mass is 9.90. The van der Waals surface area contributed by atoms with E-state index < -0.39 is 24.4 Å². The molecule has 1 saturated carbocycles. The molecular formula is C26H34F3N7O. The number of halogens is 3. The number of imidazole rings is 1. The van der Waals surface area contributed by atoms with E-state index in [-0.39, 0.29) is 28.5 Å². The molecule has 1 aliphatic carbocycles. The molecule has 4 aliphatic rings. The van der Waals surface area contributed by atoms with Gasteiger partial charge >= 0.3 is 6.18 Å². The third-order valence-electron chi connectivity index (χ3n) is 8.70. The number of likely N-dealkylation sites (tertiary alicyclic amines) is 1. The van der Waals surface area contributed by atoms with E-state index in [1.807, 2.05) is 4.90 Å². The Morgan fingerprint density at radius 1 is 1.08 bits per heavy atom. The zero-order valence-electron chi connectivity index (χ0n) is 21.2. The summed E-state index contributed by atoms with van der Waals surface area (Å²) in [7, 11) is 0. The molecule has 200 valence electrons. The van der Waals surface area contributed by atoms with Gasteiger partial charge in [0.2, 0.25) is 5.91 Å². The van der Waals surface area contributed by atoms with E-state index >= 15 is 0 Å². The van der Waals surface area contributed by atoms with E-state index in [1.54, 1.807) is 0 Å². The van der Waals surface area contributed by atoms with E-state index in [0.29, 0.717) is 13.1 Å². The maximum absolute atomic E-state index is 13.9. The molecule has 0 spiro atoms. The van der Waals surface area contributed by atoms with Gasteiger partial charge in [0, 0.05) is 50.1 Å². The van der Waals surface area contributed by atoms with E-state index in [9.17, 15) is 18.0 Å². The van der Waals surface area contributed by atoms with Crippen molar-refractivity contribution >= 4 is 17.5 Å². The number of aromatic nitrogens is 4. The van der Waals surface area contributed by atoms with Gasteiger partial charge in [-0.3, -0.25) is 4.79 Å². The molecule has 3 aliphatic heterocycles. The number of hydrogen-bond acceptors (Lipinski definition) is 6. The van der Waals surface area contributed by atoms with Crippen LogP contribution >= 0.6 is 0 Å². The predicted octanol–water partition coefficient (Wildman–Crippen LogP) is 4.19. The molecule has 1 amide bonds. The average molecular weight is 518 g/mol. The molecule has 0 bridgehead atoms.